The van der Waals surface area contributed by atoms with Gasteiger partial charge in [-0.1, -0.05) is 30.3 Å². The van der Waals surface area contributed by atoms with Gasteiger partial charge in [-0.3, -0.25) is 4.98 Å². The van der Waals surface area contributed by atoms with Crippen LogP contribution in [0.25, 0.3) is 10.9 Å². The Morgan fingerprint density at radius 1 is 1.12 bits per heavy atom. The first kappa shape index (κ1) is 16.5. The number of thiophene rings is 1. The smallest absolute Gasteiger partial charge is 0.191 e. The summed E-state index contributed by atoms with van der Waals surface area (Å²) in [6.45, 7) is 4.41. The van der Waals surface area contributed by atoms with Crippen LogP contribution in [-0.2, 0) is 13.0 Å². The molecule has 0 aliphatic carbocycles. The predicted molar refractivity (Wildman–Crippen MR) is 103 cm³/mol. The number of para-hydroxylation sites is 1. The summed E-state index contributed by atoms with van der Waals surface area (Å²) in [6.07, 6.45) is 2.85. The van der Waals surface area contributed by atoms with Gasteiger partial charge in [-0.2, -0.15) is 0 Å². The van der Waals surface area contributed by atoms with E-state index in [2.05, 4.69) is 64.3 Å². The summed E-state index contributed by atoms with van der Waals surface area (Å²) in [7, 11) is 0. The van der Waals surface area contributed by atoms with Gasteiger partial charge in [-0.25, -0.2) is 4.99 Å². The fraction of sp³-hybridized carbons (Fsp3) is 0.263. The monoisotopic (exact) mass is 338 g/mol. The number of guanidine groups is 1. The van der Waals surface area contributed by atoms with Gasteiger partial charge in [0.05, 0.1) is 12.1 Å². The number of benzene rings is 1. The second-order valence-electron chi connectivity index (χ2n) is 5.44. The minimum absolute atomic E-state index is 0.614. The largest absolute Gasteiger partial charge is 0.357 e. The molecule has 2 N–H and O–H groups in total. The van der Waals surface area contributed by atoms with E-state index in [0.29, 0.717) is 6.54 Å². The molecule has 3 aromatic rings. The predicted octanol–water partition coefficient (Wildman–Crippen LogP) is 3.59. The Labute approximate surface area is 146 Å². The molecular weight excluding hydrogens is 316 g/mol. The standard InChI is InChI=1S/C19H22N4S/c1-2-20-19(22-12-10-17-9-5-13-24-17)23-14-16-7-3-6-15-8-4-11-21-18(15)16/h3-9,11,13H,2,10,12,14H2,1H3,(H2,20,22,23). The van der Waals surface area contributed by atoms with Crippen LogP contribution < -0.4 is 10.6 Å². The van der Waals surface area contributed by atoms with Crippen molar-refractivity contribution in [2.75, 3.05) is 13.1 Å². The first-order valence-corrected chi connectivity index (χ1v) is 9.12. The maximum absolute atomic E-state index is 4.71. The van der Waals surface area contributed by atoms with Crippen molar-refractivity contribution in [1.82, 2.24) is 15.6 Å². The zero-order valence-corrected chi connectivity index (χ0v) is 14.6. The summed E-state index contributed by atoms with van der Waals surface area (Å²) < 4.78 is 0. The first-order valence-electron chi connectivity index (χ1n) is 8.24. The Morgan fingerprint density at radius 2 is 2.04 bits per heavy atom. The van der Waals surface area contributed by atoms with Crippen LogP contribution in [0.5, 0.6) is 0 Å². The highest BCUT2D eigenvalue weighted by atomic mass is 32.1. The van der Waals surface area contributed by atoms with Crippen LogP contribution in [0, 0.1) is 0 Å². The van der Waals surface area contributed by atoms with Crippen LogP contribution in [0.1, 0.15) is 17.4 Å². The topological polar surface area (TPSA) is 49.3 Å². The van der Waals surface area contributed by atoms with Gasteiger partial charge < -0.3 is 10.6 Å². The van der Waals surface area contributed by atoms with Gasteiger partial charge in [-0.05, 0) is 36.4 Å². The highest BCUT2D eigenvalue weighted by Gasteiger charge is 2.03. The molecule has 0 radical (unpaired) electrons. The number of pyridine rings is 1. The Bertz CT molecular complexity index is 791. The molecule has 0 saturated carbocycles. The molecule has 124 valence electrons. The van der Waals surface area contributed by atoms with Crippen LogP contribution >= 0.6 is 11.3 Å². The van der Waals surface area contributed by atoms with E-state index in [-0.39, 0.29) is 0 Å². The molecule has 0 amide bonds. The molecule has 0 spiro atoms. The number of nitrogens with zero attached hydrogens (tertiary/aromatic N) is 2. The fourth-order valence-corrected chi connectivity index (χ4v) is 3.27. The zero-order valence-electron chi connectivity index (χ0n) is 13.8. The van der Waals surface area contributed by atoms with Crippen molar-refractivity contribution in [1.29, 1.82) is 0 Å². The molecule has 2 aromatic heterocycles. The lowest BCUT2D eigenvalue weighted by molar-refractivity contribution is 0.805. The molecule has 4 nitrogen and oxygen atoms in total. The molecule has 0 aliphatic rings. The number of aliphatic imine (C=N–C) groups is 1. The van der Waals surface area contributed by atoms with Crippen molar-refractivity contribution < 1.29 is 0 Å². The van der Waals surface area contributed by atoms with Gasteiger partial charge in [0.25, 0.3) is 0 Å². The van der Waals surface area contributed by atoms with Gasteiger partial charge >= 0.3 is 0 Å². The summed E-state index contributed by atoms with van der Waals surface area (Å²) >= 11 is 1.79. The third kappa shape index (κ3) is 4.32. The minimum atomic E-state index is 0.614. The summed E-state index contributed by atoms with van der Waals surface area (Å²) in [6, 6.07) is 14.5. The number of hydrogen-bond donors (Lipinski definition) is 2. The summed E-state index contributed by atoms with van der Waals surface area (Å²) in [4.78, 5) is 10.6. The minimum Gasteiger partial charge on any atom is -0.357 e. The Hall–Kier alpha value is -2.40. The van der Waals surface area contributed by atoms with Crippen molar-refractivity contribution in [3.05, 3.63) is 64.5 Å². The molecule has 2 heterocycles. The van der Waals surface area contributed by atoms with Gasteiger partial charge in [0.2, 0.25) is 0 Å². The number of fused-ring (bicyclic) bond motifs is 1. The van der Waals surface area contributed by atoms with Crippen molar-refractivity contribution in [3.8, 4) is 0 Å². The van der Waals surface area contributed by atoms with Gasteiger partial charge in [0, 0.05) is 29.5 Å². The molecule has 24 heavy (non-hydrogen) atoms. The molecule has 0 aliphatic heterocycles. The number of hydrogen-bond acceptors (Lipinski definition) is 3. The molecule has 0 saturated heterocycles. The van der Waals surface area contributed by atoms with E-state index in [1.807, 2.05) is 12.3 Å². The summed E-state index contributed by atoms with van der Waals surface area (Å²) in [5, 5.41) is 9.97. The Kier molecular flexibility index (Phi) is 5.80. The Balaban J connectivity index is 1.66. The molecule has 0 fully saturated rings. The highest BCUT2D eigenvalue weighted by Crippen LogP contribution is 2.16. The Morgan fingerprint density at radius 3 is 2.88 bits per heavy atom. The van der Waals surface area contributed by atoms with Crippen LogP contribution in [0.2, 0.25) is 0 Å². The molecule has 0 bridgehead atoms. The van der Waals surface area contributed by atoms with E-state index >= 15 is 0 Å². The normalized spacial score (nSPS) is 11.6. The SMILES string of the molecule is CCNC(=NCc1cccc2cccnc12)NCCc1cccs1. The lowest BCUT2D eigenvalue weighted by Gasteiger charge is -2.11. The second kappa shape index (κ2) is 8.45. The van der Waals surface area contributed by atoms with E-state index in [9.17, 15) is 0 Å². The van der Waals surface area contributed by atoms with E-state index in [4.69, 9.17) is 4.99 Å². The third-order valence-electron chi connectivity index (χ3n) is 3.71. The lowest BCUT2D eigenvalue weighted by Crippen LogP contribution is -2.38. The van der Waals surface area contributed by atoms with Crippen LogP contribution in [0.3, 0.4) is 0 Å². The average Bonchev–Trinajstić information content (AvgIpc) is 3.13. The number of nitrogens with one attached hydrogen (secondary N) is 2. The quantitative estimate of drug-likeness (QED) is 0.533. The average molecular weight is 338 g/mol. The lowest BCUT2D eigenvalue weighted by atomic mass is 10.1. The molecule has 3 rings (SSSR count). The van der Waals surface area contributed by atoms with E-state index in [1.165, 1.54) is 4.88 Å². The fourth-order valence-electron chi connectivity index (χ4n) is 2.56. The highest BCUT2D eigenvalue weighted by molar-refractivity contribution is 7.09. The molecule has 0 unspecified atom stereocenters. The maximum atomic E-state index is 4.71. The van der Waals surface area contributed by atoms with Crippen LogP contribution in [0.4, 0.5) is 0 Å². The second-order valence-corrected chi connectivity index (χ2v) is 6.48. The van der Waals surface area contributed by atoms with E-state index in [0.717, 1.165) is 41.9 Å². The molecule has 1 aromatic carbocycles. The molecule has 0 atom stereocenters. The van der Waals surface area contributed by atoms with Gasteiger partial charge in [0.1, 0.15) is 0 Å². The van der Waals surface area contributed by atoms with Crippen molar-refractivity contribution in [2.24, 2.45) is 4.99 Å². The van der Waals surface area contributed by atoms with Crippen molar-refractivity contribution in [2.45, 2.75) is 19.9 Å². The summed E-state index contributed by atoms with van der Waals surface area (Å²) in [5.74, 6) is 0.849. The van der Waals surface area contributed by atoms with E-state index < -0.39 is 0 Å². The van der Waals surface area contributed by atoms with Crippen LogP contribution in [0.15, 0.2) is 59.0 Å². The molecule has 5 heteroatoms. The third-order valence-corrected chi connectivity index (χ3v) is 4.65. The number of rotatable bonds is 6. The van der Waals surface area contributed by atoms with Gasteiger partial charge in [-0.15, -0.1) is 11.3 Å². The maximum Gasteiger partial charge on any atom is 0.191 e. The first-order chi connectivity index (χ1) is 11.9. The zero-order chi connectivity index (χ0) is 16.6. The van der Waals surface area contributed by atoms with Gasteiger partial charge in [0.15, 0.2) is 5.96 Å². The summed E-state index contributed by atoms with van der Waals surface area (Å²) in [5.41, 5.74) is 2.17. The number of aromatic nitrogens is 1. The van der Waals surface area contributed by atoms with E-state index in [1.54, 1.807) is 11.3 Å². The molecular formula is C19H22N4S. The van der Waals surface area contributed by atoms with Crippen molar-refractivity contribution in [3.63, 3.8) is 0 Å². The van der Waals surface area contributed by atoms with Crippen LogP contribution in [-0.4, -0.2) is 24.0 Å². The van der Waals surface area contributed by atoms with Crippen molar-refractivity contribution >= 4 is 28.2 Å².